The van der Waals surface area contributed by atoms with Gasteiger partial charge in [-0.2, -0.15) is 0 Å². The molecule has 0 unspecified atom stereocenters. The molecule has 0 spiro atoms. The number of likely N-dealkylation sites (tertiary alicyclic amines) is 1. The summed E-state index contributed by atoms with van der Waals surface area (Å²) in [7, 11) is 0. The van der Waals surface area contributed by atoms with Crippen molar-refractivity contribution in [2.45, 2.75) is 51.7 Å². The van der Waals surface area contributed by atoms with Crippen LogP contribution in [0.15, 0.2) is 24.4 Å². The Morgan fingerprint density at radius 2 is 2.00 bits per heavy atom. The van der Waals surface area contributed by atoms with Crippen LogP contribution in [0, 0.1) is 0 Å². The second-order valence-electron chi connectivity index (χ2n) is 6.13. The summed E-state index contributed by atoms with van der Waals surface area (Å²) in [5.41, 5.74) is 1.45. The highest BCUT2D eigenvalue weighted by molar-refractivity contribution is 5.03. The largest absolute Gasteiger partial charge is 0.308 e. The van der Waals surface area contributed by atoms with Crippen LogP contribution in [0.1, 0.15) is 39.3 Å². The normalized spacial score (nSPS) is 19.1. The van der Waals surface area contributed by atoms with Gasteiger partial charge in [-0.15, -0.1) is 0 Å². The minimum Gasteiger partial charge on any atom is -0.308 e. The fourth-order valence-corrected chi connectivity index (χ4v) is 2.51. The van der Waals surface area contributed by atoms with Crippen molar-refractivity contribution in [1.29, 1.82) is 0 Å². The summed E-state index contributed by atoms with van der Waals surface area (Å²) in [6.45, 7) is 10.2. The van der Waals surface area contributed by atoms with Crippen molar-refractivity contribution >= 4 is 0 Å². The molecule has 0 aliphatic carbocycles. The van der Waals surface area contributed by atoms with Crippen LogP contribution in [-0.4, -0.2) is 34.6 Å². The van der Waals surface area contributed by atoms with Gasteiger partial charge in [-0.1, -0.05) is 6.07 Å². The number of hydrogen-bond donors (Lipinski definition) is 1. The molecule has 1 aliphatic rings. The summed E-state index contributed by atoms with van der Waals surface area (Å²) in [6, 6.07) is 6.74. The molecule has 3 nitrogen and oxygen atoms in total. The lowest BCUT2D eigenvalue weighted by Crippen LogP contribution is -2.49. The average Bonchev–Trinajstić information content (AvgIpc) is 2.37. The lowest BCUT2D eigenvalue weighted by atomic mass is 9.98. The van der Waals surface area contributed by atoms with Crippen LogP contribution in [-0.2, 0) is 6.54 Å². The lowest BCUT2D eigenvalue weighted by molar-refractivity contribution is 0.0959. The van der Waals surface area contributed by atoms with Crippen LogP contribution in [0.5, 0.6) is 0 Å². The average molecular weight is 247 g/mol. The van der Waals surface area contributed by atoms with Gasteiger partial charge < -0.3 is 5.32 Å². The summed E-state index contributed by atoms with van der Waals surface area (Å²) in [5, 5.41) is 3.62. The number of pyridine rings is 1. The van der Waals surface area contributed by atoms with E-state index >= 15 is 0 Å². The molecule has 3 heteroatoms. The minimum absolute atomic E-state index is 0.311. The van der Waals surface area contributed by atoms with Gasteiger partial charge in [0.05, 0.1) is 5.69 Å². The molecule has 100 valence electrons. The first-order valence-corrected chi connectivity index (χ1v) is 6.94. The Kier molecular flexibility index (Phi) is 4.36. The predicted molar refractivity (Wildman–Crippen MR) is 75.4 cm³/mol. The van der Waals surface area contributed by atoms with Gasteiger partial charge in [-0.05, 0) is 45.7 Å². The Labute approximate surface area is 111 Å². The fraction of sp³-hybridized carbons (Fsp3) is 0.667. The van der Waals surface area contributed by atoms with Crippen molar-refractivity contribution in [3.8, 4) is 0 Å². The molecule has 1 aliphatic heterocycles. The van der Waals surface area contributed by atoms with Crippen LogP contribution < -0.4 is 5.32 Å². The van der Waals surface area contributed by atoms with E-state index in [2.05, 4.69) is 42.0 Å². The molecule has 0 bridgehead atoms. The van der Waals surface area contributed by atoms with E-state index in [-0.39, 0.29) is 0 Å². The molecule has 0 aromatic carbocycles. The second-order valence-corrected chi connectivity index (χ2v) is 6.13. The van der Waals surface area contributed by atoms with E-state index in [4.69, 9.17) is 0 Å². The molecule has 1 saturated heterocycles. The first-order chi connectivity index (χ1) is 8.55. The third-order valence-electron chi connectivity index (χ3n) is 3.74. The van der Waals surface area contributed by atoms with E-state index in [0.29, 0.717) is 11.6 Å². The molecule has 1 aromatic rings. The zero-order chi connectivity index (χ0) is 13.0. The third kappa shape index (κ3) is 3.79. The maximum Gasteiger partial charge on any atom is 0.0541 e. The molecule has 1 aromatic heterocycles. The van der Waals surface area contributed by atoms with Crippen LogP contribution in [0.2, 0.25) is 0 Å². The standard InChI is InChI=1S/C15H25N3/c1-15(2,3)18-10-7-13(8-11-18)17-12-14-6-4-5-9-16-14/h4-6,9,13,17H,7-8,10-12H2,1-3H3. The topological polar surface area (TPSA) is 28.2 Å². The van der Waals surface area contributed by atoms with Crippen LogP contribution in [0.4, 0.5) is 0 Å². The van der Waals surface area contributed by atoms with Crippen molar-refractivity contribution in [3.05, 3.63) is 30.1 Å². The van der Waals surface area contributed by atoms with Crippen LogP contribution in [0.25, 0.3) is 0 Å². The monoisotopic (exact) mass is 247 g/mol. The first kappa shape index (κ1) is 13.5. The van der Waals surface area contributed by atoms with E-state index in [1.165, 1.54) is 25.9 Å². The molecule has 1 N–H and O–H groups in total. The summed E-state index contributed by atoms with van der Waals surface area (Å²) < 4.78 is 0. The summed E-state index contributed by atoms with van der Waals surface area (Å²) in [4.78, 5) is 6.92. The summed E-state index contributed by atoms with van der Waals surface area (Å²) in [6.07, 6.45) is 4.34. The van der Waals surface area contributed by atoms with Crippen molar-refractivity contribution in [3.63, 3.8) is 0 Å². The van der Waals surface area contributed by atoms with E-state index in [1.807, 2.05) is 18.3 Å². The van der Waals surface area contributed by atoms with Gasteiger partial charge in [0.15, 0.2) is 0 Å². The Bertz CT molecular complexity index is 348. The first-order valence-electron chi connectivity index (χ1n) is 6.94. The number of aromatic nitrogens is 1. The number of nitrogens with zero attached hydrogens (tertiary/aromatic N) is 2. The Hall–Kier alpha value is -0.930. The van der Waals surface area contributed by atoms with Gasteiger partial charge in [0.1, 0.15) is 0 Å². The highest BCUT2D eigenvalue weighted by Crippen LogP contribution is 2.20. The summed E-state index contributed by atoms with van der Waals surface area (Å²) >= 11 is 0. The van der Waals surface area contributed by atoms with Crippen molar-refractivity contribution < 1.29 is 0 Å². The zero-order valence-corrected chi connectivity index (χ0v) is 11.8. The van der Waals surface area contributed by atoms with Gasteiger partial charge in [0.2, 0.25) is 0 Å². The quantitative estimate of drug-likeness (QED) is 0.889. The molecular weight excluding hydrogens is 222 g/mol. The fourth-order valence-electron chi connectivity index (χ4n) is 2.51. The van der Waals surface area contributed by atoms with Crippen molar-refractivity contribution in [2.75, 3.05) is 13.1 Å². The Morgan fingerprint density at radius 3 is 2.56 bits per heavy atom. The van der Waals surface area contributed by atoms with Gasteiger partial charge in [0, 0.05) is 37.4 Å². The van der Waals surface area contributed by atoms with E-state index < -0.39 is 0 Å². The van der Waals surface area contributed by atoms with Gasteiger partial charge in [-0.25, -0.2) is 0 Å². The number of piperidine rings is 1. The maximum absolute atomic E-state index is 4.34. The molecule has 0 atom stereocenters. The lowest BCUT2D eigenvalue weighted by Gasteiger charge is -2.41. The van der Waals surface area contributed by atoms with E-state index in [9.17, 15) is 0 Å². The number of hydrogen-bond acceptors (Lipinski definition) is 3. The molecular formula is C15H25N3. The van der Waals surface area contributed by atoms with Crippen molar-refractivity contribution in [2.24, 2.45) is 0 Å². The number of nitrogens with one attached hydrogen (secondary N) is 1. The van der Waals surface area contributed by atoms with Crippen molar-refractivity contribution in [1.82, 2.24) is 15.2 Å². The molecule has 2 heterocycles. The van der Waals surface area contributed by atoms with Gasteiger partial charge in [-0.3, -0.25) is 9.88 Å². The second kappa shape index (κ2) is 5.81. The third-order valence-corrected chi connectivity index (χ3v) is 3.74. The minimum atomic E-state index is 0.311. The molecule has 0 amide bonds. The highest BCUT2D eigenvalue weighted by atomic mass is 15.2. The Balaban J connectivity index is 1.74. The highest BCUT2D eigenvalue weighted by Gasteiger charge is 2.26. The molecule has 0 radical (unpaired) electrons. The Morgan fingerprint density at radius 1 is 1.28 bits per heavy atom. The SMILES string of the molecule is CC(C)(C)N1CCC(NCc2ccccn2)CC1. The summed E-state index contributed by atoms with van der Waals surface area (Å²) in [5.74, 6) is 0. The molecule has 0 saturated carbocycles. The molecule has 1 fully saturated rings. The molecule has 2 rings (SSSR count). The predicted octanol–water partition coefficient (Wildman–Crippen LogP) is 2.43. The molecule has 18 heavy (non-hydrogen) atoms. The van der Waals surface area contributed by atoms with E-state index in [1.54, 1.807) is 0 Å². The smallest absolute Gasteiger partial charge is 0.0541 e. The van der Waals surface area contributed by atoms with Gasteiger partial charge in [0.25, 0.3) is 0 Å². The number of rotatable bonds is 3. The zero-order valence-electron chi connectivity index (χ0n) is 11.8. The van der Waals surface area contributed by atoms with Gasteiger partial charge >= 0.3 is 0 Å². The van der Waals surface area contributed by atoms with Crippen LogP contribution >= 0.6 is 0 Å². The van der Waals surface area contributed by atoms with E-state index in [0.717, 1.165) is 12.2 Å². The van der Waals surface area contributed by atoms with Crippen LogP contribution in [0.3, 0.4) is 0 Å². The maximum atomic E-state index is 4.34.